The first-order chi connectivity index (χ1) is 9.24. The van der Waals surface area contributed by atoms with Crippen molar-refractivity contribution < 1.29 is 18.7 Å². The van der Waals surface area contributed by atoms with Crippen molar-refractivity contribution in [2.45, 2.75) is 50.4 Å². The van der Waals surface area contributed by atoms with Gasteiger partial charge in [-0.15, -0.1) is 0 Å². The van der Waals surface area contributed by atoms with Crippen molar-refractivity contribution in [3.8, 4) is 0 Å². The number of carbonyl (C=O) groups excluding carboxylic acids is 1. The summed E-state index contributed by atoms with van der Waals surface area (Å²) in [6, 6.07) is -0.276. The van der Waals surface area contributed by atoms with Gasteiger partial charge in [-0.1, -0.05) is 6.42 Å². The number of alkyl halides is 1. The minimum absolute atomic E-state index is 0.0787. The van der Waals surface area contributed by atoms with Gasteiger partial charge in [0.25, 0.3) is 0 Å². The van der Waals surface area contributed by atoms with Crippen LogP contribution < -0.4 is 10.6 Å². The Morgan fingerprint density at radius 2 is 2.05 bits per heavy atom. The summed E-state index contributed by atoms with van der Waals surface area (Å²) in [7, 11) is 0. The third-order valence-corrected chi connectivity index (χ3v) is 3.62. The molecule has 0 unspecified atom stereocenters. The van der Waals surface area contributed by atoms with E-state index in [4.69, 9.17) is 9.47 Å². The maximum Gasteiger partial charge on any atom is 0.314 e. The van der Waals surface area contributed by atoms with Gasteiger partial charge in [-0.3, -0.25) is 4.39 Å². The maximum atomic E-state index is 11.9. The SMILES string of the molecule is O=C(NCCCF)NC[C@H]1COC2(CCCCC2)O1. The molecule has 2 aliphatic rings. The van der Waals surface area contributed by atoms with E-state index in [0.717, 1.165) is 25.7 Å². The second-order valence-electron chi connectivity index (χ2n) is 5.20. The zero-order valence-electron chi connectivity index (χ0n) is 11.3. The van der Waals surface area contributed by atoms with E-state index in [2.05, 4.69) is 10.6 Å². The number of urea groups is 1. The van der Waals surface area contributed by atoms with Crippen LogP contribution in [0.5, 0.6) is 0 Å². The Labute approximate surface area is 113 Å². The van der Waals surface area contributed by atoms with Crippen LogP contribution in [0.15, 0.2) is 0 Å². The van der Waals surface area contributed by atoms with E-state index in [1.54, 1.807) is 0 Å². The summed E-state index contributed by atoms with van der Waals surface area (Å²) in [6.07, 6.45) is 5.70. The summed E-state index contributed by atoms with van der Waals surface area (Å²) in [5, 5.41) is 5.32. The fourth-order valence-corrected chi connectivity index (χ4v) is 2.61. The van der Waals surface area contributed by atoms with Crippen LogP contribution in [0.25, 0.3) is 0 Å². The monoisotopic (exact) mass is 274 g/mol. The van der Waals surface area contributed by atoms with E-state index in [0.29, 0.717) is 26.1 Å². The second kappa shape index (κ2) is 7.05. The molecule has 2 N–H and O–H groups in total. The summed E-state index contributed by atoms with van der Waals surface area (Å²) in [4.78, 5) is 11.4. The third kappa shape index (κ3) is 4.31. The molecule has 0 radical (unpaired) electrons. The lowest BCUT2D eigenvalue weighted by Gasteiger charge is -2.31. The van der Waals surface area contributed by atoms with E-state index in [1.165, 1.54) is 6.42 Å². The largest absolute Gasteiger partial charge is 0.347 e. The Morgan fingerprint density at radius 3 is 2.79 bits per heavy atom. The van der Waals surface area contributed by atoms with Crippen molar-refractivity contribution in [2.24, 2.45) is 0 Å². The molecule has 1 spiro atoms. The minimum Gasteiger partial charge on any atom is -0.347 e. The number of ether oxygens (including phenoxy) is 2. The van der Waals surface area contributed by atoms with Gasteiger partial charge in [0.15, 0.2) is 5.79 Å². The van der Waals surface area contributed by atoms with E-state index in [-0.39, 0.29) is 12.1 Å². The Balaban J connectivity index is 1.63. The smallest absolute Gasteiger partial charge is 0.314 e. The molecule has 110 valence electrons. The lowest BCUT2D eigenvalue weighted by Crippen LogP contribution is -2.41. The van der Waals surface area contributed by atoms with Gasteiger partial charge in [0, 0.05) is 25.9 Å². The minimum atomic E-state index is -0.414. The molecule has 0 aromatic rings. The fraction of sp³-hybridized carbons (Fsp3) is 0.923. The van der Waals surface area contributed by atoms with Gasteiger partial charge in [-0.05, 0) is 19.3 Å². The average molecular weight is 274 g/mol. The number of hydrogen-bond acceptors (Lipinski definition) is 3. The molecular weight excluding hydrogens is 251 g/mol. The van der Waals surface area contributed by atoms with E-state index in [9.17, 15) is 9.18 Å². The summed E-state index contributed by atoms with van der Waals surface area (Å²) in [5.74, 6) is -0.394. The van der Waals surface area contributed by atoms with Crippen LogP contribution in [0, 0.1) is 0 Å². The Hall–Kier alpha value is -0.880. The summed E-state index contributed by atoms with van der Waals surface area (Å²) >= 11 is 0. The summed E-state index contributed by atoms with van der Waals surface area (Å²) in [6.45, 7) is 0.907. The molecule has 1 heterocycles. The van der Waals surface area contributed by atoms with Crippen LogP contribution in [-0.2, 0) is 9.47 Å². The van der Waals surface area contributed by atoms with Crippen molar-refractivity contribution in [2.75, 3.05) is 26.4 Å². The number of carbonyl (C=O) groups is 1. The summed E-state index contributed by atoms with van der Waals surface area (Å²) < 4.78 is 23.6. The highest BCUT2D eigenvalue weighted by Crippen LogP contribution is 2.37. The first-order valence-electron chi connectivity index (χ1n) is 7.13. The lowest BCUT2D eigenvalue weighted by atomic mass is 9.94. The van der Waals surface area contributed by atoms with Gasteiger partial charge < -0.3 is 20.1 Å². The van der Waals surface area contributed by atoms with Gasteiger partial charge in [0.2, 0.25) is 0 Å². The summed E-state index contributed by atoms with van der Waals surface area (Å²) in [5.41, 5.74) is 0. The molecule has 0 bridgehead atoms. The molecule has 2 fully saturated rings. The standard InChI is InChI=1S/C13H23FN2O3/c14-7-4-8-15-12(17)16-9-11-10-18-13(19-11)5-2-1-3-6-13/h11H,1-10H2,(H2,15,16,17)/t11-/m0/s1. The van der Waals surface area contributed by atoms with Gasteiger partial charge in [-0.25, -0.2) is 4.79 Å². The second-order valence-corrected chi connectivity index (χ2v) is 5.20. The third-order valence-electron chi connectivity index (χ3n) is 3.62. The molecule has 1 saturated heterocycles. The number of nitrogens with one attached hydrogen (secondary N) is 2. The van der Waals surface area contributed by atoms with Crippen LogP contribution in [0.1, 0.15) is 38.5 Å². The average Bonchev–Trinajstić information content (AvgIpc) is 2.81. The highest BCUT2D eigenvalue weighted by Gasteiger charge is 2.42. The number of halogens is 1. The van der Waals surface area contributed by atoms with Crippen molar-refractivity contribution in [3.05, 3.63) is 0 Å². The molecule has 5 nitrogen and oxygen atoms in total. The molecule has 2 rings (SSSR count). The van der Waals surface area contributed by atoms with Crippen molar-refractivity contribution in [1.29, 1.82) is 0 Å². The van der Waals surface area contributed by atoms with Crippen LogP contribution in [0.2, 0.25) is 0 Å². The molecule has 6 heteroatoms. The Bertz CT molecular complexity index is 296. The maximum absolute atomic E-state index is 11.9. The normalized spacial score (nSPS) is 25.4. The van der Waals surface area contributed by atoms with Gasteiger partial charge in [0.05, 0.1) is 13.3 Å². The molecule has 0 aromatic carbocycles. The fourth-order valence-electron chi connectivity index (χ4n) is 2.61. The molecule has 2 amide bonds. The first kappa shape index (κ1) is 14.5. The zero-order valence-corrected chi connectivity index (χ0v) is 11.3. The molecule has 19 heavy (non-hydrogen) atoms. The van der Waals surface area contributed by atoms with Crippen LogP contribution >= 0.6 is 0 Å². The topological polar surface area (TPSA) is 59.6 Å². The van der Waals surface area contributed by atoms with Crippen LogP contribution in [0.3, 0.4) is 0 Å². The highest BCUT2D eigenvalue weighted by atomic mass is 19.1. The Morgan fingerprint density at radius 1 is 1.26 bits per heavy atom. The predicted octanol–water partition coefficient (Wildman–Crippen LogP) is 1.72. The number of rotatable bonds is 5. The quantitative estimate of drug-likeness (QED) is 0.750. The molecular formula is C13H23FN2O3. The first-order valence-corrected chi connectivity index (χ1v) is 7.13. The molecule has 1 aliphatic carbocycles. The molecule has 1 saturated carbocycles. The molecule has 0 aromatic heterocycles. The predicted molar refractivity (Wildman–Crippen MR) is 68.6 cm³/mol. The lowest BCUT2D eigenvalue weighted by molar-refractivity contribution is -0.186. The highest BCUT2D eigenvalue weighted by molar-refractivity contribution is 5.73. The van der Waals surface area contributed by atoms with E-state index < -0.39 is 12.5 Å². The van der Waals surface area contributed by atoms with E-state index in [1.807, 2.05) is 0 Å². The van der Waals surface area contributed by atoms with Crippen LogP contribution in [-0.4, -0.2) is 44.3 Å². The van der Waals surface area contributed by atoms with E-state index >= 15 is 0 Å². The number of hydrogen-bond donors (Lipinski definition) is 2. The van der Waals surface area contributed by atoms with Gasteiger partial charge in [-0.2, -0.15) is 0 Å². The van der Waals surface area contributed by atoms with Crippen LogP contribution in [0.4, 0.5) is 9.18 Å². The van der Waals surface area contributed by atoms with Crippen molar-refractivity contribution in [1.82, 2.24) is 10.6 Å². The molecule has 1 aliphatic heterocycles. The van der Waals surface area contributed by atoms with Crippen molar-refractivity contribution >= 4 is 6.03 Å². The van der Waals surface area contributed by atoms with Gasteiger partial charge in [0.1, 0.15) is 6.10 Å². The van der Waals surface area contributed by atoms with Gasteiger partial charge >= 0.3 is 6.03 Å². The van der Waals surface area contributed by atoms with Crippen molar-refractivity contribution in [3.63, 3.8) is 0 Å². The molecule has 1 atom stereocenters. The Kier molecular flexibility index (Phi) is 5.39. The zero-order chi connectivity index (χ0) is 13.6. The number of amides is 2.